The van der Waals surface area contributed by atoms with Crippen molar-refractivity contribution in [2.24, 2.45) is 5.11 Å². The van der Waals surface area contributed by atoms with Gasteiger partial charge in [-0.3, -0.25) is 0 Å². The number of halogens is 1. The zero-order valence-electron chi connectivity index (χ0n) is 19.8. The predicted octanol–water partition coefficient (Wildman–Crippen LogP) is 4.74. The fraction of sp³-hybridized carbons (Fsp3) is 0.375. The van der Waals surface area contributed by atoms with E-state index in [9.17, 15) is 10.6 Å². The Morgan fingerprint density at radius 1 is 1.19 bits per heavy atom. The van der Waals surface area contributed by atoms with Gasteiger partial charge >= 0.3 is 0 Å². The third kappa shape index (κ3) is 4.36. The lowest BCUT2D eigenvalue weighted by Gasteiger charge is -2.46. The third-order valence-corrected chi connectivity index (χ3v) is 7.62. The summed E-state index contributed by atoms with van der Waals surface area (Å²) >= 11 is 8.05. The van der Waals surface area contributed by atoms with Crippen molar-refractivity contribution in [3.8, 4) is 5.69 Å². The molecule has 6 rings (SSSR count). The lowest BCUT2D eigenvalue weighted by Crippen LogP contribution is -2.58. The second-order valence-electron chi connectivity index (χ2n) is 8.89. The Labute approximate surface area is 220 Å². The SMILES string of the molecule is Cc1nc([C@@H]2OC3COC(c4ccccc4)O[C@@H]3[C@H](N=[N+]=[N-])C2O)n(-c2cc(Cl)c3nc(C)sc3c2)n1. The van der Waals surface area contributed by atoms with Crippen molar-refractivity contribution in [2.75, 3.05) is 6.61 Å². The smallest absolute Gasteiger partial charge is 0.184 e. The summed E-state index contributed by atoms with van der Waals surface area (Å²) in [5.41, 5.74) is 11.5. The van der Waals surface area contributed by atoms with E-state index in [-0.39, 0.29) is 6.61 Å². The maximum Gasteiger partial charge on any atom is 0.184 e. The molecule has 2 aromatic carbocycles. The van der Waals surface area contributed by atoms with Gasteiger partial charge in [-0.2, -0.15) is 5.10 Å². The molecule has 0 radical (unpaired) electrons. The first-order chi connectivity index (χ1) is 17.9. The molecule has 2 fully saturated rings. The number of hydrogen-bond acceptors (Lipinski definition) is 9. The van der Waals surface area contributed by atoms with Crippen LogP contribution in [0.4, 0.5) is 0 Å². The fourth-order valence-corrected chi connectivity index (χ4v) is 6.01. The number of ether oxygens (including phenoxy) is 3. The van der Waals surface area contributed by atoms with Gasteiger partial charge in [-0.05, 0) is 31.5 Å². The van der Waals surface area contributed by atoms with Gasteiger partial charge in [0.2, 0.25) is 0 Å². The van der Waals surface area contributed by atoms with Crippen molar-refractivity contribution in [1.29, 1.82) is 0 Å². The molecular formula is C24H22ClN7O4S. The monoisotopic (exact) mass is 539 g/mol. The maximum atomic E-state index is 11.4. The van der Waals surface area contributed by atoms with Gasteiger partial charge in [0.15, 0.2) is 12.1 Å². The highest BCUT2D eigenvalue weighted by Gasteiger charge is 2.51. The van der Waals surface area contributed by atoms with Crippen LogP contribution in [0.15, 0.2) is 47.6 Å². The first kappa shape index (κ1) is 24.3. The minimum absolute atomic E-state index is 0.177. The molecule has 4 aromatic rings. The zero-order chi connectivity index (χ0) is 25.7. The van der Waals surface area contributed by atoms with Gasteiger partial charge < -0.3 is 19.3 Å². The topological polar surface area (TPSA) is 140 Å². The van der Waals surface area contributed by atoms with E-state index < -0.39 is 36.7 Å². The predicted molar refractivity (Wildman–Crippen MR) is 136 cm³/mol. The van der Waals surface area contributed by atoms with Gasteiger partial charge in [-0.15, -0.1) is 11.3 Å². The number of azide groups is 1. The van der Waals surface area contributed by atoms with E-state index in [1.54, 1.807) is 17.7 Å². The molecule has 3 unspecified atom stereocenters. The summed E-state index contributed by atoms with van der Waals surface area (Å²) in [7, 11) is 0. The Balaban J connectivity index is 1.36. The molecule has 0 aliphatic carbocycles. The van der Waals surface area contributed by atoms with E-state index in [4.69, 9.17) is 25.8 Å². The average molecular weight is 540 g/mol. The molecule has 2 aliphatic rings. The Kier molecular flexibility index (Phi) is 6.33. The number of fused-ring (bicyclic) bond motifs is 2. The lowest BCUT2D eigenvalue weighted by molar-refractivity contribution is -0.309. The molecule has 37 heavy (non-hydrogen) atoms. The summed E-state index contributed by atoms with van der Waals surface area (Å²) in [5.74, 6) is 0.827. The number of nitrogens with zero attached hydrogens (tertiary/aromatic N) is 7. The number of hydrogen-bond donors (Lipinski definition) is 1. The Morgan fingerprint density at radius 2 is 2.00 bits per heavy atom. The van der Waals surface area contributed by atoms with Crippen LogP contribution in [-0.4, -0.2) is 55.8 Å². The highest BCUT2D eigenvalue weighted by Crippen LogP contribution is 2.41. The van der Waals surface area contributed by atoms with Crippen LogP contribution in [0.5, 0.6) is 0 Å². The molecule has 1 N–H and O–H groups in total. The van der Waals surface area contributed by atoms with Crippen LogP contribution in [0.25, 0.3) is 26.3 Å². The van der Waals surface area contributed by atoms with E-state index in [0.29, 0.717) is 22.4 Å². The van der Waals surface area contributed by atoms with E-state index in [0.717, 1.165) is 20.8 Å². The molecule has 2 aliphatic heterocycles. The van der Waals surface area contributed by atoms with Gasteiger partial charge in [0.05, 0.1) is 39.2 Å². The second-order valence-corrected chi connectivity index (χ2v) is 10.5. The van der Waals surface area contributed by atoms with E-state index in [1.807, 2.05) is 43.3 Å². The van der Waals surface area contributed by atoms with Crippen molar-refractivity contribution in [1.82, 2.24) is 19.7 Å². The lowest BCUT2D eigenvalue weighted by atomic mass is 9.91. The van der Waals surface area contributed by atoms with Crippen LogP contribution in [0.3, 0.4) is 0 Å². The molecular weight excluding hydrogens is 518 g/mol. The fourth-order valence-electron chi connectivity index (χ4n) is 4.81. The summed E-state index contributed by atoms with van der Waals surface area (Å²) in [6, 6.07) is 12.2. The molecule has 4 heterocycles. The summed E-state index contributed by atoms with van der Waals surface area (Å²) < 4.78 is 20.9. The maximum absolute atomic E-state index is 11.4. The molecule has 0 amide bonds. The van der Waals surface area contributed by atoms with Crippen molar-refractivity contribution >= 4 is 33.2 Å². The van der Waals surface area contributed by atoms with E-state index >= 15 is 0 Å². The van der Waals surface area contributed by atoms with Gasteiger partial charge in [-0.25, -0.2) is 14.6 Å². The normalized spacial score (nSPS) is 27.6. The number of benzene rings is 2. The molecule has 0 bridgehead atoms. The molecule has 0 saturated carbocycles. The van der Waals surface area contributed by atoms with Crippen LogP contribution in [0.1, 0.15) is 34.6 Å². The molecule has 0 spiro atoms. The van der Waals surface area contributed by atoms with E-state index in [1.165, 1.54) is 11.3 Å². The first-order valence-corrected chi connectivity index (χ1v) is 12.8. The highest BCUT2D eigenvalue weighted by molar-refractivity contribution is 7.18. The Bertz CT molecular complexity index is 1510. The Morgan fingerprint density at radius 3 is 2.78 bits per heavy atom. The number of rotatable bonds is 4. The summed E-state index contributed by atoms with van der Waals surface area (Å²) in [6.45, 7) is 3.84. The van der Waals surface area contributed by atoms with Gasteiger partial charge in [0.25, 0.3) is 0 Å². The average Bonchev–Trinajstić information content (AvgIpc) is 3.48. The summed E-state index contributed by atoms with van der Waals surface area (Å²) in [6.07, 6.45) is -4.21. The third-order valence-electron chi connectivity index (χ3n) is 6.41. The number of aliphatic hydroxyl groups excluding tert-OH is 1. The quantitative estimate of drug-likeness (QED) is 0.224. The highest BCUT2D eigenvalue weighted by atomic mass is 35.5. The standard InChI is InChI=1S/C24H22ClN7O4S/c1-11-27-23(32(30-11)14-8-15(25)18-17(9-14)37-12(2)28-18)22-20(33)19(29-31-26)21-16(35-22)10-34-24(36-21)13-6-4-3-5-7-13/h3-9,16,19-22,24,33H,10H2,1-2H3/t16?,19-,20?,21+,22-,24?/m1/s1. The molecule has 6 atom stereocenters. The van der Waals surface area contributed by atoms with Crippen LogP contribution in [0.2, 0.25) is 5.02 Å². The molecule has 2 aromatic heterocycles. The van der Waals surface area contributed by atoms with Crippen LogP contribution in [0, 0.1) is 13.8 Å². The van der Waals surface area contributed by atoms with Crippen LogP contribution < -0.4 is 0 Å². The minimum atomic E-state index is -1.25. The first-order valence-electron chi connectivity index (χ1n) is 11.6. The molecule has 190 valence electrons. The number of aryl methyl sites for hydroxylation is 2. The second kappa shape index (κ2) is 9.66. The number of aliphatic hydroxyl groups is 1. The van der Waals surface area contributed by atoms with Crippen molar-refractivity contribution in [3.05, 3.63) is 80.1 Å². The van der Waals surface area contributed by atoms with Crippen molar-refractivity contribution < 1.29 is 19.3 Å². The Hall–Kier alpha value is -3.09. The molecule has 13 heteroatoms. The van der Waals surface area contributed by atoms with Crippen molar-refractivity contribution in [2.45, 2.75) is 50.6 Å². The molecule has 11 nitrogen and oxygen atoms in total. The van der Waals surface area contributed by atoms with Crippen molar-refractivity contribution in [3.63, 3.8) is 0 Å². The largest absolute Gasteiger partial charge is 0.389 e. The van der Waals surface area contributed by atoms with Crippen LogP contribution >= 0.6 is 22.9 Å². The summed E-state index contributed by atoms with van der Waals surface area (Å²) in [5, 5.41) is 21.2. The van der Waals surface area contributed by atoms with Gasteiger partial charge in [-0.1, -0.05) is 47.0 Å². The van der Waals surface area contributed by atoms with Crippen LogP contribution in [-0.2, 0) is 14.2 Å². The minimum Gasteiger partial charge on any atom is -0.389 e. The zero-order valence-corrected chi connectivity index (χ0v) is 21.4. The van der Waals surface area contributed by atoms with Gasteiger partial charge in [0.1, 0.15) is 29.7 Å². The van der Waals surface area contributed by atoms with Gasteiger partial charge in [0, 0.05) is 10.5 Å². The molecule has 2 saturated heterocycles. The summed E-state index contributed by atoms with van der Waals surface area (Å²) in [4.78, 5) is 12.0. The number of aromatic nitrogens is 4. The number of thiazole rings is 1. The van der Waals surface area contributed by atoms with E-state index in [2.05, 4.69) is 25.1 Å².